The van der Waals surface area contributed by atoms with Gasteiger partial charge < -0.3 is 4.74 Å². The van der Waals surface area contributed by atoms with Crippen LogP contribution in [0.2, 0.25) is 0 Å². The van der Waals surface area contributed by atoms with Gasteiger partial charge >= 0.3 is 12.1 Å². The summed E-state index contributed by atoms with van der Waals surface area (Å²) >= 11 is 0. The van der Waals surface area contributed by atoms with Crippen LogP contribution in [-0.4, -0.2) is 25.0 Å². The normalized spacial score (nSPS) is 12.3. The summed E-state index contributed by atoms with van der Waals surface area (Å²) in [5.74, 6) is -4.72. The molecule has 0 aliphatic carbocycles. The van der Waals surface area contributed by atoms with E-state index in [1.54, 1.807) is 0 Å². The third kappa shape index (κ3) is 3.68. The molecule has 0 spiro atoms. The summed E-state index contributed by atoms with van der Waals surface area (Å²) in [6.45, 7) is -0.797. The van der Waals surface area contributed by atoms with Gasteiger partial charge in [-0.05, 0) is 12.1 Å². The lowest BCUT2D eigenvalue weighted by atomic mass is 10.2. The number of carbonyl (C=O) groups is 1. The van der Waals surface area contributed by atoms with E-state index in [-0.39, 0.29) is 11.3 Å². The third-order valence-electron chi connectivity index (χ3n) is 2.09. The minimum absolute atomic E-state index is 0.0672. The minimum Gasteiger partial charge on any atom is -0.493 e. The average Bonchev–Trinajstić information content (AvgIpc) is 2.27. The van der Waals surface area contributed by atoms with Gasteiger partial charge in [0.25, 0.3) is 0 Å². The molecule has 0 aliphatic rings. The van der Waals surface area contributed by atoms with Gasteiger partial charge in [0.05, 0.1) is 13.0 Å². The van der Waals surface area contributed by atoms with Crippen molar-refractivity contribution < 1.29 is 31.5 Å². The molecular formula is C11H9F5O2. The Balaban J connectivity index is 2.54. The summed E-state index contributed by atoms with van der Waals surface area (Å²) in [4.78, 5) is 10.4. The van der Waals surface area contributed by atoms with Gasteiger partial charge in [-0.2, -0.15) is 22.0 Å². The summed E-state index contributed by atoms with van der Waals surface area (Å²) in [5.41, 5.74) is 0.245. The molecule has 0 heterocycles. The highest BCUT2D eigenvalue weighted by Gasteiger charge is 2.56. The number of ether oxygens (including phenoxy) is 1. The van der Waals surface area contributed by atoms with Crippen LogP contribution in [0.1, 0.15) is 16.8 Å². The summed E-state index contributed by atoms with van der Waals surface area (Å²) in [6.07, 6.45) is -6.54. The second-order valence-electron chi connectivity index (χ2n) is 3.49. The molecule has 7 heteroatoms. The van der Waals surface area contributed by atoms with Crippen LogP contribution in [0.3, 0.4) is 0 Å². The molecule has 0 aromatic heterocycles. The van der Waals surface area contributed by atoms with Gasteiger partial charge in [-0.15, -0.1) is 0 Å². The molecule has 0 amide bonds. The molecule has 0 aliphatic heterocycles. The zero-order valence-electron chi connectivity index (χ0n) is 9.01. The van der Waals surface area contributed by atoms with Crippen molar-refractivity contribution in [1.29, 1.82) is 0 Å². The maximum Gasteiger partial charge on any atom is 0.453 e. The number of aldehydes is 1. The highest BCUT2D eigenvalue weighted by atomic mass is 19.4. The molecular weight excluding hydrogens is 259 g/mol. The first-order valence-electron chi connectivity index (χ1n) is 4.89. The van der Waals surface area contributed by atoms with E-state index in [9.17, 15) is 26.7 Å². The van der Waals surface area contributed by atoms with Crippen molar-refractivity contribution in [2.24, 2.45) is 0 Å². The van der Waals surface area contributed by atoms with Gasteiger partial charge in [0.2, 0.25) is 0 Å². The number of hydrogen-bond donors (Lipinski definition) is 0. The molecule has 18 heavy (non-hydrogen) atoms. The molecule has 0 atom stereocenters. The van der Waals surface area contributed by atoms with Crippen LogP contribution in [0.15, 0.2) is 24.3 Å². The van der Waals surface area contributed by atoms with E-state index in [0.29, 0.717) is 6.29 Å². The maximum atomic E-state index is 12.5. The lowest BCUT2D eigenvalue weighted by Gasteiger charge is -2.19. The molecule has 0 saturated carbocycles. The van der Waals surface area contributed by atoms with Gasteiger partial charge in [-0.3, -0.25) is 4.79 Å². The highest BCUT2D eigenvalue weighted by molar-refractivity contribution is 5.75. The molecule has 1 rings (SSSR count). The topological polar surface area (TPSA) is 26.3 Å². The van der Waals surface area contributed by atoms with Crippen molar-refractivity contribution in [3.8, 4) is 5.75 Å². The Hall–Kier alpha value is -1.66. The monoisotopic (exact) mass is 268 g/mol. The molecule has 1 aromatic carbocycles. The molecule has 0 radical (unpaired) electrons. The number of halogens is 5. The van der Waals surface area contributed by atoms with Crippen LogP contribution in [0, 0.1) is 0 Å². The van der Waals surface area contributed by atoms with Crippen molar-refractivity contribution in [3.05, 3.63) is 29.8 Å². The zero-order valence-corrected chi connectivity index (χ0v) is 9.01. The highest BCUT2D eigenvalue weighted by Crippen LogP contribution is 2.37. The average molecular weight is 268 g/mol. The summed E-state index contributed by atoms with van der Waals surface area (Å²) in [6, 6.07) is 5.49. The van der Waals surface area contributed by atoms with Crippen LogP contribution >= 0.6 is 0 Å². The fourth-order valence-corrected chi connectivity index (χ4v) is 1.12. The van der Waals surface area contributed by atoms with Crippen molar-refractivity contribution in [3.63, 3.8) is 0 Å². The molecule has 0 bridgehead atoms. The SMILES string of the molecule is O=Cc1cccc(OCCC(F)(F)C(F)(F)F)c1. The minimum atomic E-state index is -5.58. The van der Waals surface area contributed by atoms with Crippen LogP contribution in [0.25, 0.3) is 0 Å². The number of hydrogen-bond acceptors (Lipinski definition) is 2. The standard InChI is InChI=1S/C11H9F5O2/c12-10(13,11(14,15)16)4-5-18-9-3-1-2-8(6-9)7-17/h1-3,6-7H,4-5H2. The molecule has 0 saturated heterocycles. The van der Waals surface area contributed by atoms with E-state index in [0.717, 1.165) is 0 Å². The van der Waals surface area contributed by atoms with E-state index in [4.69, 9.17) is 4.74 Å². The van der Waals surface area contributed by atoms with Crippen LogP contribution in [0.4, 0.5) is 22.0 Å². The van der Waals surface area contributed by atoms with E-state index in [1.165, 1.54) is 24.3 Å². The van der Waals surface area contributed by atoms with Gasteiger partial charge in [-0.25, -0.2) is 0 Å². The first-order chi connectivity index (χ1) is 8.26. The Morgan fingerprint density at radius 2 is 1.83 bits per heavy atom. The van der Waals surface area contributed by atoms with Crippen LogP contribution in [-0.2, 0) is 0 Å². The third-order valence-corrected chi connectivity index (χ3v) is 2.09. The number of alkyl halides is 5. The lowest BCUT2D eigenvalue weighted by Crippen LogP contribution is -2.37. The van der Waals surface area contributed by atoms with Crippen LogP contribution in [0.5, 0.6) is 5.75 Å². The Kier molecular flexibility index (Phi) is 4.26. The Bertz CT molecular complexity index is 414. The van der Waals surface area contributed by atoms with Crippen molar-refractivity contribution in [2.75, 3.05) is 6.61 Å². The molecule has 0 N–H and O–H groups in total. The Morgan fingerprint density at radius 3 is 2.39 bits per heavy atom. The quantitative estimate of drug-likeness (QED) is 0.603. The molecule has 100 valence electrons. The number of benzene rings is 1. The van der Waals surface area contributed by atoms with Crippen molar-refractivity contribution >= 4 is 6.29 Å². The van der Waals surface area contributed by atoms with E-state index >= 15 is 0 Å². The van der Waals surface area contributed by atoms with E-state index in [1.807, 2.05) is 0 Å². The second-order valence-corrected chi connectivity index (χ2v) is 3.49. The predicted molar refractivity (Wildman–Crippen MR) is 52.9 cm³/mol. The van der Waals surface area contributed by atoms with Gasteiger partial charge in [0, 0.05) is 5.56 Å². The first kappa shape index (κ1) is 14.4. The predicted octanol–water partition coefficient (Wildman–Crippen LogP) is 3.47. The molecule has 0 fully saturated rings. The summed E-state index contributed by atoms with van der Waals surface area (Å²) in [5, 5.41) is 0. The number of rotatable bonds is 5. The lowest BCUT2D eigenvalue weighted by molar-refractivity contribution is -0.285. The largest absolute Gasteiger partial charge is 0.493 e. The first-order valence-corrected chi connectivity index (χ1v) is 4.89. The Morgan fingerprint density at radius 1 is 1.17 bits per heavy atom. The molecule has 1 aromatic rings. The summed E-state index contributed by atoms with van der Waals surface area (Å²) < 4.78 is 65.3. The smallest absolute Gasteiger partial charge is 0.453 e. The van der Waals surface area contributed by atoms with Crippen molar-refractivity contribution in [2.45, 2.75) is 18.5 Å². The fourth-order valence-electron chi connectivity index (χ4n) is 1.12. The van der Waals surface area contributed by atoms with Crippen LogP contribution < -0.4 is 4.74 Å². The Labute approximate surface area is 99.4 Å². The second kappa shape index (κ2) is 5.32. The van der Waals surface area contributed by atoms with Gasteiger partial charge in [0.15, 0.2) is 0 Å². The maximum absolute atomic E-state index is 12.5. The summed E-state index contributed by atoms with van der Waals surface area (Å²) in [7, 11) is 0. The molecule has 2 nitrogen and oxygen atoms in total. The van der Waals surface area contributed by atoms with Gasteiger partial charge in [-0.1, -0.05) is 12.1 Å². The zero-order chi connectivity index (χ0) is 13.8. The van der Waals surface area contributed by atoms with E-state index in [2.05, 4.69) is 0 Å². The number of carbonyl (C=O) groups excluding carboxylic acids is 1. The van der Waals surface area contributed by atoms with Gasteiger partial charge in [0.1, 0.15) is 12.0 Å². The van der Waals surface area contributed by atoms with E-state index < -0.39 is 25.1 Å². The fraction of sp³-hybridized carbons (Fsp3) is 0.364. The molecule has 0 unspecified atom stereocenters. The van der Waals surface area contributed by atoms with Crippen molar-refractivity contribution in [1.82, 2.24) is 0 Å².